The summed E-state index contributed by atoms with van der Waals surface area (Å²) in [5.41, 5.74) is 15.3. The summed E-state index contributed by atoms with van der Waals surface area (Å²) < 4.78 is 5.32. The summed E-state index contributed by atoms with van der Waals surface area (Å²) in [6, 6.07) is 20.1. The molecule has 4 rings (SSSR count). The van der Waals surface area contributed by atoms with Gasteiger partial charge in [0, 0.05) is 22.8 Å². The first-order valence-corrected chi connectivity index (χ1v) is 11.7. The molecule has 3 aromatic rings. The van der Waals surface area contributed by atoms with E-state index in [-0.39, 0.29) is 18.4 Å². The molecule has 3 aromatic carbocycles. The highest BCUT2D eigenvalue weighted by atomic mass is 35.5. The maximum absolute atomic E-state index is 10.8. The van der Waals surface area contributed by atoms with Crippen LogP contribution in [0.15, 0.2) is 72.8 Å². The average Bonchev–Trinajstić information content (AvgIpc) is 2.88. The number of carbonyl (C=O) groups is 2. The number of hydrogen-bond acceptors (Lipinski definition) is 6. The zero-order valence-electron chi connectivity index (χ0n) is 19.9. The topological polar surface area (TPSA) is 119 Å². The second-order valence-corrected chi connectivity index (χ2v) is 8.72. The SMILES string of the molecule is C=O.CN1CCC(c2cc(Cl)ccc2N)=CC1c1ccc(OCC(N)=O)cc1.Oc1ccccc1Cl. The first kappa shape index (κ1) is 28.7. The smallest absolute Gasteiger partial charge is 0.255 e. The lowest BCUT2D eigenvalue weighted by Gasteiger charge is -2.32. The summed E-state index contributed by atoms with van der Waals surface area (Å²) in [7, 11) is 2.09. The molecular weight excluding hydrogens is 501 g/mol. The van der Waals surface area contributed by atoms with Crippen molar-refractivity contribution in [1.29, 1.82) is 0 Å². The number of benzene rings is 3. The van der Waals surface area contributed by atoms with Crippen LogP contribution in [-0.2, 0) is 9.59 Å². The fraction of sp³-hybridized carbons (Fsp3) is 0.185. The lowest BCUT2D eigenvalue weighted by atomic mass is 9.92. The van der Waals surface area contributed by atoms with Crippen LogP contribution in [0.5, 0.6) is 11.5 Å². The summed E-state index contributed by atoms with van der Waals surface area (Å²) in [4.78, 5) is 21.1. The number of rotatable bonds is 5. The first-order chi connectivity index (χ1) is 17.2. The molecule has 1 unspecified atom stereocenters. The second kappa shape index (κ2) is 14.1. The van der Waals surface area contributed by atoms with E-state index in [0.29, 0.717) is 15.8 Å². The van der Waals surface area contributed by atoms with E-state index in [1.165, 1.54) is 5.57 Å². The van der Waals surface area contributed by atoms with E-state index in [2.05, 4.69) is 18.0 Å². The highest BCUT2D eigenvalue weighted by molar-refractivity contribution is 6.32. The molecule has 9 heteroatoms. The Balaban J connectivity index is 0.000000384. The Morgan fingerprint density at radius 1 is 1.11 bits per heavy atom. The van der Waals surface area contributed by atoms with Crippen molar-refractivity contribution in [2.75, 3.05) is 25.9 Å². The van der Waals surface area contributed by atoms with Gasteiger partial charge in [-0.25, -0.2) is 0 Å². The molecule has 1 amide bonds. The van der Waals surface area contributed by atoms with Crippen molar-refractivity contribution >= 4 is 47.2 Å². The molecule has 190 valence electrons. The minimum atomic E-state index is -0.493. The van der Waals surface area contributed by atoms with Gasteiger partial charge in [0.15, 0.2) is 6.61 Å². The zero-order chi connectivity index (χ0) is 26.7. The van der Waals surface area contributed by atoms with Gasteiger partial charge >= 0.3 is 0 Å². The number of nitrogens with two attached hydrogens (primary N) is 2. The van der Waals surface area contributed by atoms with Crippen molar-refractivity contribution in [3.05, 3.63) is 94.0 Å². The van der Waals surface area contributed by atoms with Crippen LogP contribution in [-0.4, -0.2) is 42.9 Å². The van der Waals surface area contributed by atoms with Crippen molar-refractivity contribution in [2.24, 2.45) is 5.73 Å². The van der Waals surface area contributed by atoms with Gasteiger partial charge in [-0.15, -0.1) is 0 Å². The highest BCUT2D eigenvalue weighted by Crippen LogP contribution is 2.36. The molecule has 1 aliphatic heterocycles. The number of phenols is 1. The number of aromatic hydroxyl groups is 1. The molecule has 1 aliphatic rings. The Morgan fingerprint density at radius 2 is 1.78 bits per heavy atom. The number of halogens is 2. The zero-order valence-corrected chi connectivity index (χ0v) is 21.4. The number of carbonyl (C=O) groups excluding carboxylic acids is 2. The summed E-state index contributed by atoms with van der Waals surface area (Å²) >= 11 is 11.6. The van der Waals surface area contributed by atoms with Gasteiger partial charge in [0.05, 0.1) is 11.1 Å². The monoisotopic (exact) mass is 529 g/mol. The summed E-state index contributed by atoms with van der Waals surface area (Å²) in [6.07, 6.45) is 3.14. The molecule has 1 heterocycles. The van der Waals surface area contributed by atoms with Gasteiger partial charge in [-0.3, -0.25) is 9.69 Å². The average molecular weight is 530 g/mol. The normalized spacial score (nSPS) is 14.9. The molecule has 36 heavy (non-hydrogen) atoms. The van der Waals surface area contributed by atoms with Gasteiger partial charge in [0.1, 0.15) is 18.3 Å². The minimum absolute atomic E-state index is 0.124. The van der Waals surface area contributed by atoms with Gasteiger partial charge < -0.3 is 26.1 Å². The quantitative estimate of drug-likeness (QED) is 0.395. The minimum Gasteiger partial charge on any atom is -0.506 e. The van der Waals surface area contributed by atoms with Crippen LogP contribution >= 0.6 is 23.2 Å². The maximum atomic E-state index is 10.8. The fourth-order valence-electron chi connectivity index (χ4n) is 3.59. The predicted octanol–water partition coefficient (Wildman–Crippen LogP) is 5.11. The number of phenolic OH excluding ortho intramolecular Hbond substituents is 1. The van der Waals surface area contributed by atoms with Crippen molar-refractivity contribution in [3.63, 3.8) is 0 Å². The number of nitrogen functional groups attached to an aromatic ring is 1. The molecule has 0 radical (unpaired) electrons. The standard InChI is InChI=1S/C20H22ClN3O2.C6H5ClO.CH2O/c1-24-9-8-14(17-11-15(21)4-7-18(17)22)10-19(24)13-2-5-16(6-3-13)26-12-20(23)25;7-5-3-1-2-4-6(5)8;1-2/h2-7,10-11,19H,8-9,12,22H2,1H3,(H2,23,25);1-4,8H;1H2. The Hall–Kier alpha value is -3.52. The molecule has 0 saturated heterocycles. The summed E-state index contributed by atoms with van der Waals surface area (Å²) in [5.74, 6) is 0.260. The Kier molecular flexibility index (Phi) is 11.3. The lowest BCUT2D eigenvalue weighted by molar-refractivity contribution is -0.119. The molecule has 0 saturated carbocycles. The predicted molar refractivity (Wildman–Crippen MR) is 145 cm³/mol. The molecule has 5 N–H and O–H groups in total. The van der Waals surface area contributed by atoms with E-state index >= 15 is 0 Å². The third-order valence-electron chi connectivity index (χ3n) is 5.38. The number of nitrogens with zero attached hydrogens (tertiary/aromatic N) is 1. The van der Waals surface area contributed by atoms with E-state index < -0.39 is 5.91 Å². The van der Waals surface area contributed by atoms with Crippen LogP contribution in [0.2, 0.25) is 10.0 Å². The number of amides is 1. The lowest BCUT2D eigenvalue weighted by Crippen LogP contribution is -2.28. The molecule has 0 fully saturated rings. The number of hydrogen-bond donors (Lipinski definition) is 3. The van der Waals surface area contributed by atoms with Gasteiger partial charge in [-0.1, -0.05) is 53.5 Å². The largest absolute Gasteiger partial charge is 0.506 e. The van der Waals surface area contributed by atoms with Crippen molar-refractivity contribution in [1.82, 2.24) is 4.90 Å². The van der Waals surface area contributed by atoms with E-state index in [0.717, 1.165) is 29.8 Å². The van der Waals surface area contributed by atoms with Crippen molar-refractivity contribution < 1.29 is 19.4 Å². The first-order valence-electron chi connectivity index (χ1n) is 10.9. The summed E-state index contributed by atoms with van der Waals surface area (Å²) in [6.45, 7) is 2.79. The van der Waals surface area contributed by atoms with E-state index in [9.17, 15) is 4.79 Å². The molecule has 7 nitrogen and oxygen atoms in total. The third-order valence-corrected chi connectivity index (χ3v) is 5.94. The molecule has 0 aromatic heterocycles. The number of likely N-dealkylation sites (N-methyl/N-ethyl adjacent to an activating group) is 1. The number of para-hydroxylation sites is 1. The Labute approximate surface area is 220 Å². The molecule has 1 atom stereocenters. The highest BCUT2D eigenvalue weighted by Gasteiger charge is 2.22. The third kappa shape index (κ3) is 8.30. The van der Waals surface area contributed by atoms with Crippen LogP contribution in [0, 0.1) is 0 Å². The Morgan fingerprint density at radius 3 is 2.36 bits per heavy atom. The van der Waals surface area contributed by atoms with Crippen LogP contribution in [0.3, 0.4) is 0 Å². The molecule has 0 aliphatic carbocycles. The summed E-state index contributed by atoms with van der Waals surface area (Å²) in [5, 5.41) is 9.87. The van der Waals surface area contributed by atoms with Crippen molar-refractivity contribution in [3.8, 4) is 11.5 Å². The number of primary amides is 1. The molecule has 0 bridgehead atoms. The van der Waals surface area contributed by atoms with E-state index in [1.807, 2.05) is 43.2 Å². The van der Waals surface area contributed by atoms with Gasteiger partial charge in [-0.05, 0) is 67.1 Å². The van der Waals surface area contributed by atoms with Gasteiger partial charge in [-0.2, -0.15) is 0 Å². The molecular formula is C27H29Cl2N3O4. The number of anilines is 1. The second-order valence-electron chi connectivity index (χ2n) is 7.87. The van der Waals surface area contributed by atoms with E-state index in [1.54, 1.807) is 30.3 Å². The maximum Gasteiger partial charge on any atom is 0.255 e. The van der Waals surface area contributed by atoms with Crippen LogP contribution < -0.4 is 16.2 Å². The molecule has 0 spiro atoms. The van der Waals surface area contributed by atoms with Crippen LogP contribution in [0.1, 0.15) is 23.6 Å². The van der Waals surface area contributed by atoms with Crippen LogP contribution in [0.25, 0.3) is 5.57 Å². The van der Waals surface area contributed by atoms with Crippen LogP contribution in [0.4, 0.5) is 5.69 Å². The van der Waals surface area contributed by atoms with Crippen molar-refractivity contribution in [2.45, 2.75) is 12.5 Å². The van der Waals surface area contributed by atoms with E-state index in [4.69, 9.17) is 49.3 Å². The van der Waals surface area contributed by atoms with Gasteiger partial charge in [0.2, 0.25) is 0 Å². The van der Waals surface area contributed by atoms with Gasteiger partial charge in [0.25, 0.3) is 5.91 Å². The Bertz CT molecular complexity index is 1160. The fourth-order valence-corrected chi connectivity index (χ4v) is 3.89. The number of ether oxygens (including phenoxy) is 1.